The Labute approximate surface area is 75.5 Å². The minimum atomic E-state index is -1.13. The molecular formula is C10H22FN. The third-order valence-electron chi connectivity index (χ3n) is 2.57. The first-order chi connectivity index (χ1) is 5.56. The average molecular weight is 175 g/mol. The second-order valence-corrected chi connectivity index (χ2v) is 3.85. The predicted molar refractivity (Wildman–Crippen MR) is 51.9 cm³/mol. The van der Waals surface area contributed by atoms with Crippen LogP contribution >= 0.6 is 0 Å². The molecular weight excluding hydrogens is 153 g/mol. The molecule has 2 N–H and O–H groups in total. The van der Waals surface area contributed by atoms with Gasteiger partial charge in [-0.2, -0.15) is 0 Å². The van der Waals surface area contributed by atoms with Gasteiger partial charge in [-0.25, -0.2) is 4.39 Å². The van der Waals surface area contributed by atoms with Crippen LogP contribution in [0.1, 0.15) is 46.5 Å². The summed E-state index contributed by atoms with van der Waals surface area (Å²) in [6, 6.07) is 0. The van der Waals surface area contributed by atoms with Gasteiger partial charge in [-0.05, 0) is 12.3 Å². The van der Waals surface area contributed by atoms with Crippen molar-refractivity contribution in [1.82, 2.24) is 0 Å². The van der Waals surface area contributed by atoms with Crippen LogP contribution in [0.2, 0.25) is 0 Å². The minimum Gasteiger partial charge on any atom is -0.328 e. The number of rotatable bonds is 6. The number of unbranched alkanes of at least 4 members (excludes halogenated alkanes) is 2. The Kier molecular flexibility index (Phi) is 5.47. The van der Waals surface area contributed by atoms with E-state index in [1.807, 2.05) is 13.8 Å². The molecule has 12 heavy (non-hydrogen) atoms. The minimum absolute atomic E-state index is 0.0411. The van der Waals surface area contributed by atoms with Gasteiger partial charge in [-0.3, -0.25) is 0 Å². The Morgan fingerprint density at radius 1 is 1.33 bits per heavy atom. The van der Waals surface area contributed by atoms with Crippen LogP contribution in [0.5, 0.6) is 0 Å². The van der Waals surface area contributed by atoms with E-state index in [0.717, 1.165) is 19.3 Å². The normalized spacial score (nSPS) is 16.5. The lowest BCUT2D eigenvalue weighted by Gasteiger charge is -2.27. The molecule has 0 saturated heterocycles. The van der Waals surface area contributed by atoms with Crippen LogP contribution in [0.15, 0.2) is 0 Å². The Morgan fingerprint density at radius 2 is 1.92 bits per heavy atom. The van der Waals surface area contributed by atoms with Gasteiger partial charge in [-0.15, -0.1) is 0 Å². The molecule has 0 aliphatic carbocycles. The van der Waals surface area contributed by atoms with Crippen LogP contribution in [-0.4, -0.2) is 12.2 Å². The van der Waals surface area contributed by atoms with Crippen LogP contribution in [0.3, 0.4) is 0 Å². The SMILES string of the molecule is CCCCCC(F)(CN)C(C)C. The number of halogens is 1. The fourth-order valence-corrected chi connectivity index (χ4v) is 1.30. The van der Waals surface area contributed by atoms with Gasteiger partial charge in [0.25, 0.3) is 0 Å². The Bertz CT molecular complexity index is 114. The molecule has 1 unspecified atom stereocenters. The van der Waals surface area contributed by atoms with Crippen LogP contribution in [0, 0.1) is 5.92 Å². The zero-order chi connectivity index (χ0) is 9.61. The second kappa shape index (κ2) is 5.52. The quantitative estimate of drug-likeness (QED) is 0.617. The maximum Gasteiger partial charge on any atom is 0.125 e. The molecule has 0 saturated carbocycles. The van der Waals surface area contributed by atoms with E-state index in [0.29, 0.717) is 6.42 Å². The Hall–Kier alpha value is -0.110. The van der Waals surface area contributed by atoms with Gasteiger partial charge in [0.15, 0.2) is 0 Å². The van der Waals surface area contributed by atoms with Crippen LogP contribution in [-0.2, 0) is 0 Å². The predicted octanol–water partition coefficient (Wildman–Crippen LogP) is 2.89. The summed E-state index contributed by atoms with van der Waals surface area (Å²) in [5, 5.41) is 0. The number of hydrogen-bond acceptors (Lipinski definition) is 1. The maximum atomic E-state index is 13.8. The van der Waals surface area contributed by atoms with Gasteiger partial charge in [0, 0.05) is 6.54 Å². The van der Waals surface area contributed by atoms with E-state index >= 15 is 0 Å². The van der Waals surface area contributed by atoms with Gasteiger partial charge >= 0.3 is 0 Å². The molecule has 2 heteroatoms. The van der Waals surface area contributed by atoms with Gasteiger partial charge in [0.05, 0.1) is 0 Å². The summed E-state index contributed by atoms with van der Waals surface area (Å²) in [4.78, 5) is 0. The topological polar surface area (TPSA) is 26.0 Å². The summed E-state index contributed by atoms with van der Waals surface area (Å²) in [5.74, 6) is 0.0411. The van der Waals surface area contributed by atoms with Gasteiger partial charge in [0.1, 0.15) is 5.67 Å². The highest BCUT2D eigenvalue weighted by Gasteiger charge is 2.30. The lowest BCUT2D eigenvalue weighted by atomic mass is 9.87. The zero-order valence-electron chi connectivity index (χ0n) is 8.57. The van der Waals surface area contributed by atoms with E-state index in [9.17, 15) is 4.39 Å². The molecule has 0 aromatic rings. The van der Waals surface area contributed by atoms with Crippen molar-refractivity contribution in [2.75, 3.05) is 6.54 Å². The highest BCUT2D eigenvalue weighted by atomic mass is 19.1. The molecule has 0 radical (unpaired) electrons. The molecule has 0 aromatic carbocycles. The van der Waals surface area contributed by atoms with Crippen molar-refractivity contribution >= 4 is 0 Å². The molecule has 0 amide bonds. The highest BCUT2D eigenvalue weighted by Crippen LogP contribution is 2.27. The van der Waals surface area contributed by atoms with E-state index in [2.05, 4.69) is 6.92 Å². The number of alkyl halides is 1. The van der Waals surface area contributed by atoms with E-state index in [-0.39, 0.29) is 12.5 Å². The van der Waals surface area contributed by atoms with Crippen LogP contribution in [0.25, 0.3) is 0 Å². The third-order valence-corrected chi connectivity index (χ3v) is 2.57. The lowest BCUT2D eigenvalue weighted by Crippen LogP contribution is -2.38. The molecule has 0 fully saturated rings. The van der Waals surface area contributed by atoms with Crippen molar-refractivity contribution in [3.63, 3.8) is 0 Å². The van der Waals surface area contributed by atoms with Crippen molar-refractivity contribution in [3.8, 4) is 0 Å². The monoisotopic (exact) mass is 175 g/mol. The highest BCUT2D eigenvalue weighted by molar-refractivity contribution is 4.83. The Balaban J connectivity index is 3.80. The van der Waals surface area contributed by atoms with Crippen LogP contribution in [0.4, 0.5) is 4.39 Å². The smallest absolute Gasteiger partial charge is 0.125 e. The first kappa shape index (κ1) is 11.9. The standard InChI is InChI=1S/C10H22FN/c1-4-5-6-7-10(11,8-12)9(2)3/h9H,4-8,12H2,1-3H3. The second-order valence-electron chi connectivity index (χ2n) is 3.85. The molecule has 0 heterocycles. The molecule has 1 nitrogen and oxygen atoms in total. The maximum absolute atomic E-state index is 13.8. The number of nitrogens with two attached hydrogens (primary N) is 1. The Morgan fingerprint density at radius 3 is 2.25 bits per heavy atom. The summed E-state index contributed by atoms with van der Waals surface area (Å²) >= 11 is 0. The van der Waals surface area contributed by atoms with Crippen molar-refractivity contribution in [3.05, 3.63) is 0 Å². The summed E-state index contributed by atoms with van der Waals surface area (Å²) in [6.45, 7) is 6.09. The third kappa shape index (κ3) is 3.53. The van der Waals surface area contributed by atoms with Gasteiger partial charge < -0.3 is 5.73 Å². The summed E-state index contributed by atoms with van der Waals surface area (Å²) < 4.78 is 13.8. The van der Waals surface area contributed by atoms with Crippen molar-refractivity contribution in [2.24, 2.45) is 11.7 Å². The van der Waals surface area contributed by atoms with Crippen molar-refractivity contribution in [2.45, 2.75) is 52.1 Å². The molecule has 0 bridgehead atoms. The fraction of sp³-hybridized carbons (Fsp3) is 1.00. The average Bonchev–Trinajstić information content (AvgIpc) is 2.04. The zero-order valence-corrected chi connectivity index (χ0v) is 8.57. The molecule has 1 atom stereocenters. The summed E-state index contributed by atoms with van der Waals surface area (Å²) in [7, 11) is 0. The summed E-state index contributed by atoms with van der Waals surface area (Å²) in [6.07, 6.45) is 3.83. The largest absolute Gasteiger partial charge is 0.328 e. The van der Waals surface area contributed by atoms with E-state index < -0.39 is 5.67 Å². The number of hydrogen-bond donors (Lipinski definition) is 1. The van der Waals surface area contributed by atoms with E-state index in [4.69, 9.17) is 5.73 Å². The molecule has 0 rings (SSSR count). The van der Waals surface area contributed by atoms with Crippen molar-refractivity contribution < 1.29 is 4.39 Å². The van der Waals surface area contributed by atoms with E-state index in [1.54, 1.807) is 0 Å². The molecule has 0 aromatic heterocycles. The lowest BCUT2D eigenvalue weighted by molar-refractivity contribution is 0.0954. The molecule has 0 aliphatic heterocycles. The van der Waals surface area contributed by atoms with E-state index in [1.165, 1.54) is 0 Å². The summed E-state index contributed by atoms with van der Waals surface area (Å²) in [5.41, 5.74) is 4.29. The fourth-order valence-electron chi connectivity index (χ4n) is 1.30. The van der Waals surface area contributed by atoms with Gasteiger partial charge in [-0.1, -0.05) is 40.0 Å². The van der Waals surface area contributed by atoms with Crippen LogP contribution < -0.4 is 5.73 Å². The van der Waals surface area contributed by atoms with Crippen molar-refractivity contribution in [1.29, 1.82) is 0 Å². The molecule has 74 valence electrons. The first-order valence-electron chi connectivity index (χ1n) is 4.95. The first-order valence-corrected chi connectivity index (χ1v) is 4.95. The van der Waals surface area contributed by atoms with Gasteiger partial charge in [0.2, 0.25) is 0 Å². The molecule has 0 spiro atoms. The molecule has 0 aliphatic rings.